The lowest BCUT2D eigenvalue weighted by atomic mass is 10.1. The van der Waals surface area contributed by atoms with Gasteiger partial charge in [0.05, 0.1) is 19.6 Å². The summed E-state index contributed by atoms with van der Waals surface area (Å²) in [6.07, 6.45) is 0.370. The molecule has 1 aromatic carbocycles. The highest BCUT2D eigenvalue weighted by Crippen LogP contribution is 2.00. The molecule has 0 bridgehead atoms. The number of amides is 2. The summed E-state index contributed by atoms with van der Waals surface area (Å²) in [5, 5.41) is 2.89. The van der Waals surface area contributed by atoms with Crippen molar-refractivity contribution in [2.45, 2.75) is 13.3 Å². The Labute approximate surface area is 143 Å². The van der Waals surface area contributed by atoms with Gasteiger partial charge in [-0.1, -0.05) is 30.3 Å². The highest BCUT2D eigenvalue weighted by atomic mass is 16.5. The van der Waals surface area contributed by atoms with E-state index in [-0.39, 0.29) is 11.8 Å². The first-order valence-electron chi connectivity index (χ1n) is 8.51. The van der Waals surface area contributed by atoms with Crippen LogP contribution in [-0.2, 0) is 20.7 Å². The molecular weight excluding hydrogens is 306 g/mol. The summed E-state index contributed by atoms with van der Waals surface area (Å²) in [5.41, 5.74) is 0.991. The Morgan fingerprint density at radius 2 is 1.88 bits per heavy atom. The summed E-state index contributed by atoms with van der Waals surface area (Å²) in [4.78, 5) is 27.8. The molecule has 0 saturated carbocycles. The van der Waals surface area contributed by atoms with Gasteiger partial charge < -0.3 is 15.0 Å². The lowest BCUT2D eigenvalue weighted by Gasteiger charge is -2.29. The van der Waals surface area contributed by atoms with Crippen molar-refractivity contribution in [1.82, 2.24) is 15.1 Å². The van der Waals surface area contributed by atoms with Gasteiger partial charge in [-0.2, -0.15) is 0 Å². The van der Waals surface area contributed by atoms with E-state index < -0.39 is 0 Å². The number of carbonyl (C=O) groups excluding carboxylic acids is 2. The average Bonchev–Trinajstić information content (AvgIpc) is 2.59. The largest absolute Gasteiger partial charge is 0.379 e. The van der Waals surface area contributed by atoms with Gasteiger partial charge in [-0.05, 0) is 5.56 Å². The molecule has 0 aromatic heterocycles. The molecule has 6 nitrogen and oxygen atoms in total. The van der Waals surface area contributed by atoms with Crippen LogP contribution in [0.4, 0.5) is 0 Å². The van der Waals surface area contributed by atoms with Crippen LogP contribution in [-0.4, -0.2) is 74.1 Å². The number of hydrogen-bond donors (Lipinski definition) is 1. The van der Waals surface area contributed by atoms with Crippen molar-refractivity contribution in [2.75, 3.05) is 52.5 Å². The molecule has 1 aliphatic rings. The third-order valence-electron chi connectivity index (χ3n) is 4.15. The fourth-order valence-corrected chi connectivity index (χ4v) is 2.69. The molecule has 0 aliphatic carbocycles. The number of ether oxygens (including phenoxy) is 1. The average molecular weight is 333 g/mol. The van der Waals surface area contributed by atoms with Crippen LogP contribution in [0.15, 0.2) is 30.3 Å². The second kappa shape index (κ2) is 10.1. The Balaban J connectivity index is 1.67. The molecule has 1 fully saturated rings. The minimum Gasteiger partial charge on any atom is -0.379 e. The van der Waals surface area contributed by atoms with E-state index in [2.05, 4.69) is 10.2 Å². The van der Waals surface area contributed by atoms with Crippen molar-refractivity contribution >= 4 is 11.8 Å². The minimum atomic E-state index is -0.0159. The van der Waals surface area contributed by atoms with E-state index in [1.165, 1.54) is 0 Å². The van der Waals surface area contributed by atoms with Crippen LogP contribution >= 0.6 is 0 Å². The Morgan fingerprint density at radius 3 is 2.54 bits per heavy atom. The zero-order valence-corrected chi connectivity index (χ0v) is 14.4. The summed E-state index contributed by atoms with van der Waals surface area (Å²) in [7, 11) is 0. The summed E-state index contributed by atoms with van der Waals surface area (Å²) in [6, 6.07) is 9.64. The Hall–Kier alpha value is -1.92. The molecule has 0 spiro atoms. The van der Waals surface area contributed by atoms with Gasteiger partial charge in [-0.3, -0.25) is 14.5 Å². The van der Waals surface area contributed by atoms with Gasteiger partial charge in [-0.15, -0.1) is 0 Å². The summed E-state index contributed by atoms with van der Waals surface area (Å²) in [6.45, 7) is 7.48. The van der Waals surface area contributed by atoms with Gasteiger partial charge >= 0.3 is 0 Å². The maximum Gasteiger partial charge on any atom is 0.224 e. The van der Waals surface area contributed by atoms with Gasteiger partial charge in [0.15, 0.2) is 0 Å². The van der Waals surface area contributed by atoms with Crippen molar-refractivity contribution in [2.24, 2.45) is 0 Å². The normalized spacial score (nSPS) is 15.0. The predicted molar refractivity (Wildman–Crippen MR) is 92.7 cm³/mol. The minimum absolute atomic E-state index is 0.0159. The van der Waals surface area contributed by atoms with Crippen molar-refractivity contribution in [3.63, 3.8) is 0 Å². The quantitative estimate of drug-likeness (QED) is 0.754. The van der Waals surface area contributed by atoms with Gasteiger partial charge in [0, 0.05) is 46.2 Å². The number of carbonyl (C=O) groups is 2. The summed E-state index contributed by atoms with van der Waals surface area (Å²) >= 11 is 0. The molecule has 1 aromatic rings. The highest BCUT2D eigenvalue weighted by molar-refractivity contribution is 5.78. The van der Waals surface area contributed by atoms with E-state index in [1.807, 2.05) is 30.3 Å². The van der Waals surface area contributed by atoms with Gasteiger partial charge in [0.1, 0.15) is 0 Å². The van der Waals surface area contributed by atoms with Gasteiger partial charge in [-0.25, -0.2) is 0 Å². The van der Waals surface area contributed by atoms with E-state index in [4.69, 9.17) is 4.74 Å². The van der Waals surface area contributed by atoms with Crippen molar-refractivity contribution in [1.29, 1.82) is 0 Å². The van der Waals surface area contributed by atoms with Crippen LogP contribution < -0.4 is 5.32 Å². The third kappa shape index (κ3) is 6.68. The number of nitrogens with zero attached hydrogens (tertiary/aromatic N) is 2. The first kappa shape index (κ1) is 18.4. The van der Waals surface area contributed by atoms with E-state index in [0.717, 1.165) is 38.4 Å². The second-order valence-corrected chi connectivity index (χ2v) is 5.97. The maximum absolute atomic E-state index is 11.9. The smallest absolute Gasteiger partial charge is 0.224 e. The Kier molecular flexibility index (Phi) is 7.71. The molecule has 1 N–H and O–H groups in total. The molecule has 132 valence electrons. The lowest BCUT2D eigenvalue weighted by molar-refractivity contribution is -0.129. The molecule has 0 unspecified atom stereocenters. The number of hydrogen-bond acceptors (Lipinski definition) is 4. The van der Waals surface area contributed by atoms with Crippen LogP contribution in [0.1, 0.15) is 12.5 Å². The van der Waals surface area contributed by atoms with Crippen LogP contribution in [0, 0.1) is 0 Å². The molecule has 1 saturated heterocycles. The fourth-order valence-electron chi connectivity index (χ4n) is 2.69. The van der Waals surface area contributed by atoms with Gasteiger partial charge in [0.2, 0.25) is 11.8 Å². The number of morpholine rings is 1. The monoisotopic (exact) mass is 333 g/mol. The standard InChI is InChI=1S/C18H27N3O3/c1-16(22)21(10-9-20-11-13-24-14-12-20)8-7-19-18(23)15-17-5-3-2-4-6-17/h2-6H,7-15H2,1H3,(H,19,23). The molecule has 2 rings (SSSR count). The van der Waals surface area contributed by atoms with Crippen molar-refractivity contribution in [3.8, 4) is 0 Å². The lowest BCUT2D eigenvalue weighted by Crippen LogP contribution is -2.44. The SMILES string of the molecule is CC(=O)N(CCNC(=O)Cc1ccccc1)CCN1CCOCC1. The third-order valence-corrected chi connectivity index (χ3v) is 4.15. The maximum atomic E-state index is 11.9. The molecule has 0 radical (unpaired) electrons. The summed E-state index contributed by atoms with van der Waals surface area (Å²) < 4.78 is 5.32. The van der Waals surface area contributed by atoms with Crippen LogP contribution in [0.2, 0.25) is 0 Å². The van der Waals surface area contributed by atoms with E-state index >= 15 is 0 Å². The first-order chi connectivity index (χ1) is 11.6. The summed E-state index contributed by atoms with van der Waals surface area (Å²) in [5.74, 6) is 0.0263. The zero-order chi connectivity index (χ0) is 17.2. The first-order valence-corrected chi connectivity index (χ1v) is 8.51. The number of benzene rings is 1. The highest BCUT2D eigenvalue weighted by Gasteiger charge is 2.14. The topological polar surface area (TPSA) is 61.9 Å². The van der Waals surface area contributed by atoms with Crippen LogP contribution in [0.25, 0.3) is 0 Å². The van der Waals surface area contributed by atoms with Crippen LogP contribution in [0.5, 0.6) is 0 Å². The molecule has 24 heavy (non-hydrogen) atoms. The number of nitrogens with one attached hydrogen (secondary N) is 1. The molecule has 0 atom stereocenters. The van der Waals surface area contributed by atoms with Crippen molar-refractivity contribution in [3.05, 3.63) is 35.9 Å². The molecular formula is C18H27N3O3. The number of rotatable bonds is 8. The predicted octanol–water partition coefficient (Wildman–Crippen LogP) is 0.526. The Morgan fingerprint density at radius 1 is 1.17 bits per heavy atom. The van der Waals surface area contributed by atoms with E-state index in [1.54, 1.807) is 11.8 Å². The van der Waals surface area contributed by atoms with E-state index in [9.17, 15) is 9.59 Å². The molecule has 1 aliphatic heterocycles. The fraction of sp³-hybridized carbons (Fsp3) is 0.556. The van der Waals surface area contributed by atoms with Crippen LogP contribution in [0.3, 0.4) is 0 Å². The second-order valence-electron chi connectivity index (χ2n) is 5.97. The zero-order valence-electron chi connectivity index (χ0n) is 14.4. The van der Waals surface area contributed by atoms with E-state index in [0.29, 0.717) is 26.1 Å². The molecule has 6 heteroatoms. The molecule has 2 amide bonds. The molecule has 1 heterocycles. The van der Waals surface area contributed by atoms with Crippen molar-refractivity contribution < 1.29 is 14.3 Å². The van der Waals surface area contributed by atoms with Gasteiger partial charge in [0.25, 0.3) is 0 Å². The Bertz CT molecular complexity index is 516.